The summed E-state index contributed by atoms with van der Waals surface area (Å²) in [5.74, 6) is 0.314. The summed E-state index contributed by atoms with van der Waals surface area (Å²) in [6.45, 7) is 8.99. The van der Waals surface area contributed by atoms with E-state index in [0.29, 0.717) is 11.8 Å². The van der Waals surface area contributed by atoms with E-state index in [0.717, 1.165) is 39.0 Å². The zero-order valence-electron chi connectivity index (χ0n) is 19.1. The SMILES string of the molecule is CC(C)N1CCN(c2ccc(C3=C(c4ccc(O)cc4)CCc4ccccc43)cc2)CC1. The highest BCUT2D eigenvalue weighted by molar-refractivity contribution is 6.00. The molecule has 1 saturated heterocycles. The molecule has 3 aromatic carbocycles. The number of aromatic hydroxyl groups is 1. The maximum absolute atomic E-state index is 9.77. The van der Waals surface area contributed by atoms with Gasteiger partial charge in [-0.2, -0.15) is 0 Å². The van der Waals surface area contributed by atoms with Gasteiger partial charge in [0.15, 0.2) is 0 Å². The molecule has 0 saturated carbocycles. The van der Waals surface area contributed by atoms with Crippen LogP contribution in [0.3, 0.4) is 0 Å². The first-order valence-electron chi connectivity index (χ1n) is 11.8. The van der Waals surface area contributed by atoms with Crippen LogP contribution in [-0.4, -0.2) is 42.2 Å². The molecule has 0 radical (unpaired) electrons. The predicted octanol–water partition coefficient (Wildman–Crippen LogP) is 5.83. The first kappa shape index (κ1) is 20.8. The second-order valence-corrected chi connectivity index (χ2v) is 9.22. The van der Waals surface area contributed by atoms with E-state index in [2.05, 4.69) is 72.2 Å². The van der Waals surface area contributed by atoms with Gasteiger partial charge in [-0.3, -0.25) is 4.90 Å². The van der Waals surface area contributed by atoms with Gasteiger partial charge in [0, 0.05) is 37.9 Å². The van der Waals surface area contributed by atoms with Gasteiger partial charge < -0.3 is 10.0 Å². The van der Waals surface area contributed by atoms with Crippen molar-refractivity contribution in [2.75, 3.05) is 31.1 Å². The van der Waals surface area contributed by atoms with E-state index in [-0.39, 0.29) is 0 Å². The number of hydrogen-bond donors (Lipinski definition) is 1. The summed E-state index contributed by atoms with van der Waals surface area (Å²) >= 11 is 0. The van der Waals surface area contributed by atoms with Crippen molar-refractivity contribution in [2.45, 2.75) is 32.7 Å². The van der Waals surface area contributed by atoms with Crippen molar-refractivity contribution in [3.8, 4) is 5.75 Å². The Bertz CT molecular complexity index is 1100. The highest BCUT2D eigenvalue weighted by atomic mass is 16.3. The van der Waals surface area contributed by atoms with Gasteiger partial charge in [-0.25, -0.2) is 0 Å². The quantitative estimate of drug-likeness (QED) is 0.571. The molecule has 0 atom stereocenters. The summed E-state index contributed by atoms with van der Waals surface area (Å²) in [6.07, 6.45) is 2.06. The molecule has 32 heavy (non-hydrogen) atoms. The predicted molar refractivity (Wildman–Crippen MR) is 134 cm³/mol. The number of fused-ring (bicyclic) bond motifs is 1. The van der Waals surface area contributed by atoms with Gasteiger partial charge in [0.05, 0.1) is 0 Å². The number of phenols is 1. The van der Waals surface area contributed by atoms with Gasteiger partial charge in [0.1, 0.15) is 5.75 Å². The Hall–Kier alpha value is -3.04. The molecule has 0 amide bonds. The molecule has 3 nitrogen and oxygen atoms in total. The number of nitrogens with zero attached hydrogens (tertiary/aromatic N) is 2. The van der Waals surface area contributed by atoms with Gasteiger partial charge in [-0.15, -0.1) is 0 Å². The smallest absolute Gasteiger partial charge is 0.115 e. The molecule has 1 fully saturated rings. The van der Waals surface area contributed by atoms with Gasteiger partial charge in [-0.1, -0.05) is 48.5 Å². The molecule has 0 aromatic heterocycles. The molecule has 0 bridgehead atoms. The van der Waals surface area contributed by atoms with Gasteiger partial charge in [0.2, 0.25) is 0 Å². The molecular formula is C29H32N2O. The minimum atomic E-state index is 0.314. The van der Waals surface area contributed by atoms with Crippen LogP contribution in [0.2, 0.25) is 0 Å². The van der Waals surface area contributed by atoms with Crippen molar-refractivity contribution in [2.24, 2.45) is 0 Å². The zero-order valence-corrected chi connectivity index (χ0v) is 19.1. The molecule has 0 unspecified atom stereocenters. The van der Waals surface area contributed by atoms with Crippen molar-refractivity contribution in [3.63, 3.8) is 0 Å². The number of anilines is 1. The Kier molecular flexibility index (Phi) is 5.75. The molecule has 5 rings (SSSR count). The first-order chi connectivity index (χ1) is 15.6. The van der Waals surface area contributed by atoms with Gasteiger partial charge in [-0.05, 0) is 84.4 Å². The number of allylic oxidation sites excluding steroid dienone is 1. The van der Waals surface area contributed by atoms with Crippen molar-refractivity contribution in [1.82, 2.24) is 4.90 Å². The fraction of sp³-hybridized carbons (Fsp3) is 0.310. The zero-order chi connectivity index (χ0) is 22.1. The second-order valence-electron chi connectivity index (χ2n) is 9.22. The van der Waals surface area contributed by atoms with E-state index in [1.807, 2.05) is 12.1 Å². The Balaban J connectivity index is 1.50. The lowest BCUT2D eigenvalue weighted by molar-refractivity contribution is 0.209. The maximum Gasteiger partial charge on any atom is 0.115 e. The van der Waals surface area contributed by atoms with Crippen LogP contribution in [0.1, 0.15) is 42.5 Å². The lowest BCUT2D eigenvalue weighted by Gasteiger charge is -2.38. The Labute approximate surface area is 191 Å². The van der Waals surface area contributed by atoms with Crippen molar-refractivity contribution in [1.29, 1.82) is 0 Å². The molecule has 1 aliphatic heterocycles. The third-order valence-electron chi connectivity index (χ3n) is 7.01. The topological polar surface area (TPSA) is 26.7 Å². The third-order valence-corrected chi connectivity index (χ3v) is 7.01. The van der Waals surface area contributed by atoms with E-state index in [1.54, 1.807) is 12.1 Å². The minimum absolute atomic E-state index is 0.314. The maximum atomic E-state index is 9.77. The average molecular weight is 425 g/mol. The Morgan fingerprint density at radius 1 is 0.719 bits per heavy atom. The second kappa shape index (κ2) is 8.84. The van der Waals surface area contributed by atoms with Crippen LogP contribution in [-0.2, 0) is 6.42 Å². The van der Waals surface area contributed by atoms with Crippen LogP contribution in [0.25, 0.3) is 11.1 Å². The Morgan fingerprint density at radius 3 is 2.06 bits per heavy atom. The largest absolute Gasteiger partial charge is 0.508 e. The van der Waals surface area contributed by atoms with Crippen LogP contribution in [0.15, 0.2) is 72.8 Å². The van der Waals surface area contributed by atoms with E-state index >= 15 is 0 Å². The summed E-state index contributed by atoms with van der Waals surface area (Å²) in [5, 5.41) is 9.77. The van der Waals surface area contributed by atoms with Crippen LogP contribution in [0, 0.1) is 0 Å². The summed E-state index contributed by atoms with van der Waals surface area (Å²) < 4.78 is 0. The van der Waals surface area contributed by atoms with Crippen molar-refractivity contribution in [3.05, 3.63) is 95.1 Å². The highest BCUT2D eigenvalue weighted by Crippen LogP contribution is 2.41. The lowest BCUT2D eigenvalue weighted by Crippen LogP contribution is -2.48. The summed E-state index contributed by atoms with van der Waals surface area (Å²) in [7, 11) is 0. The van der Waals surface area contributed by atoms with Gasteiger partial charge >= 0.3 is 0 Å². The highest BCUT2D eigenvalue weighted by Gasteiger charge is 2.22. The van der Waals surface area contributed by atoms with Crippen LogP contribution in [0.4, 0.5) is 5.69 Å². The van der Waals surface area contributed by atoms with Crippen LogP contribution >= 0.6 is 0 Å². The summed E-state index contributed by atoms with van der Waals surface area (Å²) in [5.41, 5.74) is 9.22. The molecule has 1 heterocycles. The molecule has 164 valence electrons. The molecule has 1 N–H and O–H groups in total. The standard InChI is InChI=1S/C29H32N2O/c1-21(2)30-17-19-31(20-18-30)25-12-7-24(8-13-25)29-27-6-4-3-5-22(27)11-16-28(29)23-9-14-26(32)15-10-23/h3-10,12-15,21,32H,11,16-20H2,1-2H3. The number of hydrogen-bond acceptors (Lipinski definition) is 3. The number of phenolic OH excluding ortho intramolecular Hbond substituents is 1. The number of piperazine rings is 1. The molecule has 0 spiro atoms. The van der Waals surface area contributed by atoms with Crippen molar-refractivity contribution < 1.29 is 5.11 Å². The molecule has 3 heteroatoms. The van der Waals surface area contributed by atoms with E-state index in [4.69, 9.17) is 0 Å². The van der Waals surface area contributed by atoms with Crippen LogP contribution < -0.4 is 4.90 Å². The number of aryl methyl sites for hydroxylation is 1. The normalized spacial score (nSPS) is 17.0. The summed E-state index contributed by atoms with van der Waals surface area (Å²) in [4.78, 5) is 5.06. The van der Waals surface area contributed by atoms with E-state index in [1.165, 1.54) is 39.1 Å². The molecular weight excluding hydrogens is 392 g/mol. The van der Waals surface area contributed by atoms with Crippen molar-refractivity contribution >= 4 is 16.8 Å². The lowest BCUT2D eigenvalue weighted by atomic mass is 9.80. The molecule has 2 aliphatic rings. The number of rotatable bonds is 4. The third kappa shape index (κ3) is 4.05. The monoisotopic (exact) mass is 424 g/mol. The summed E-state index contributed by atoms with van der Waals surface area (Å²) in [6, 6.07) is 26.2. The first-order valence-corrected chi connectivity index (χ1v) is 11.8. The van der Waals surface area contributed by atoms with Gasteiger partial charge in [0.25, 0.3) is 0 Å². The Morgan fingerprint density at radius 2 is 1.38 bits per heavy atom. The fourth-order valence-corrected chi connectivity index (χ4v) is 5.15. The van der Waals surface area contributed by atoms with E-state index in [9.17, 15) is 5.11 Å². The van der Waals surface area contributed by atoms with Crippen LogP contribution in [0.5, 0.6) is 5.75 Å². The fourth-order valence-electron chi connectivity index (χ4n) is 5.15. The van der Waals surface area contributed by atoms with E-state index < -0.39 is 0 Å². The average Bonchev–Trinajstić information content (AvgIpc) is 2.84. The minimum Gasteiger partial charge on any atom is -0.508 e. The molecule has 3 aromatic rings. The molecule has 1 aliphatic carbocycles. The number of benzene rings is 3.